The number of aromatic nitrogens is 3. The van der Waals surface area contributed by atoms with Gasteiger partial charge in [0.25, 0.3) is 0 Å². The fraction of sp³-hybridized carbons (Fsp3) is 0.208. The predicted octanol–water partition coefficient (Wildman–Crippen LogP) is 2.92. The van der Waals surface area contributed by atoms with Gasteiger partial charge in [-0.05, 0) is 35.4 Å². The van der Waals surface area contributed by atoms with Gasteiger partial charge in [0.05, 0.1) is 12.1 Å². The zero-order valence-electron chi connectivity index (χ0n) is 17.2. The molecule has 4 aromatic rings. The molecule has 32 heavy (non-hydrogen) atoms. The Morgan fingerprint density at radius 1 is 0.969 bits per heavy atom. The predicted molar refractivity (Wildman–Crippen MR) is 115 cm³/mol. The lowest BCUT2D eigenvalue weighted by Gasteiger charge is -2.23. The zero-order valence-corrected chi connectivity index (χ0v) is 17.2. The van der Waals surface area contributed by atoms with E-state index in [4.69, 9.17) is 14.2 Å². The summed E-state index contributed by atoms with van der Waals surface area (Å²) >= 11 is 0. The molecule has 1 aromatic heterocycles. The molecule has 0 radical (unpaired) electrons. The van der Waals surface area contributed by atoms with Crippen LogP contribution in [-0.2, 0) is 23.8 Å². The van der Waals surface area contributed by atoms with Crippen LogP contribution in [0.2, 0.25) is 0 Å². The first-order chi connectivity index (χ1) is 15.6. The van der Waals surface area contributed by atoms with E-state index >= 15 is 0 Å². The van der Waals surface area contributed by atoms with E-state index in [1.54, 1.807) is 4.68 Å². The van der Waals surface area contributed by atoms with Gasteiger partial charge in [0.15, 0.2) is 11.5 Å². The first-order valence-electron chi connectivity index (χ1n) is 10.4. The summed E-state index contributed by atoms with van der Waals surface area (Å²) in [5.41, 5.74) is 4.54. The molecule has 1 amide bonds. The monoisotopic (exact) mass is 426 g/mol. The number of hydrogen-bond acceptors (Lipinski definition) is 6. The first-order valence-corrected chi connectivity index (χ1v) is 10.4. The highest BCUT2D eigenvalue weighted by atomic mass is 16.7. The Kier molecular flexibility index (Phi) is 3.30. The van der Waals surface area contributed by atoms with Gasteiger partial charge in [0.2, 0.25) is 12.7 Å². The van der Waals surface area contributed by atoms with E-state index in [0.29, 0.717) is 23.8 Å². The number of carbonyl (C=O) groups excluding carboxylic acids is 1. The van der Waals surface area contributed by atoms with Crippen LogP contribution in [0.4, 0.5) is 5.69 Å². The fourth-order valence-corrected chi connectivity index (χ4v) is 5.08. The highest BCUT2D eigenvalue weighted by molar-refractivity contribution is 6.11. The summed E-state index contributed by atoms with van der Waals surface area (Å²) in [6.45, 7) is 0.869. The van der Waals surface area contributed by atoms with Crippen molar-refractivity contribution < 1.29 is 19.0 Å². The molecular weight excluding hydrogens is 408 g/mol. The minimum Gasteiger partial charge on any atom is -0.491 e. The lowest BCUT2D eigenvalue weighted by molar-refractivity contribution is -0.122. The zero-order chi connectivity index (χ0) is 21.4. The molecule has 0 bridgehead atoms. The molecule has 0 N–H and O–H groups in total. The molecule has 0 fully saturated rings. The fourth-order valence-electron chi connectivity index (χ4n) is 5.08. The lowest BCUT2D eigenvalue weighted by atomic mass is 9.77. The standard InChI is InChI=1S/C24H18N4O4/c1-27-19-8-14(6-7-17(19)25-26-27)11-28-18-5-3-2-4-15(18)24(23(28)29)12-30-20-10-22-21(9-16(20)24)31-13-32-22/h2-10H,11-13H2,1H3. The third-order valence-electron chi connectivity index (χ3n) is 6.66. The summed E-state index contributed by atoms with van der Waals surface area (Å²) in [5.74, 6) is 1.96. The van der Waals surface area contributed by atoms with Gasteiger partial charge >= 0.3 is 0 Å². The number of fused-ring (bicyclic) bond motifs is 6. The van der Waals surface area contributed by atoms with Gasteiger partial charge in [-0.15, -0.1) is 5.10 Å². The lowest BCUT2D eigenvalue weighted by Crippen LogP contribution is -2.42. The minimum atomic E-state index is -0.898. The van der Waals surface area contributed by atoms with E-state index in [-0.39, 0.29) is 19.3 Å². The second-order valence-electron chi connectivity index (χ2n) is 8.34. The van der Waals surface area contributed by atoms with Crippen LogP contribution in [0.15, 0.2) is 54.6 Å². The van der Waals surface area contributed by atoms with E-state index in [0.717, 1.165) is 33.4 Å². The number of benzene rings is 3. The summed E-state index contributed by atoms with van der Waals surface area (Å²) < 4.78 is 18.9. The molecule has 1 unspecified atom stereocenters. The summed E-state index contributed by atoms with van der Waals surface area (Å²) in [6, 6.07) is 17.6. The van der Waals surface area contributed by atoms with E-state index in [1.165, 1.54) is 0 Å². The highest BCUT2D eigenvalue weighted by Crippen LogP contribution is 2.55. The molecule has 0 saturated heterocycles. The number of hydrogen-bond donors (Lipinski definition) is 0. The van der Waals surface area contributed by atoms with Gasteiger partial charge in [-0.2, -0.15) is 0 Å². The topological polar surface area (TPSA) is 78.7 Å². The Hall–Kier alpha value is -4.07. The molecule has 0 aliphatic carbocycles. The summed E-state index contributed by atoms with van der Waals surface area (Å²) in [4.78, 5) is 15.9. The van der Waals surface area contributed by atoms with Crippen molar-refractivity contribution in [1.29, 1.82) is 0 Å². The molecule has 8 nitrogen and oxygen atoms in total. The summed E-state index contributed by atoms with van der Waals surface area (Å²) in [6.07, 6.45) is 0. The third kappa shape index (κ3) is 2.13. The van der Waals surface area contributed by atoms with Gasteiger partial charge in [-0.1, -0.05) is 29.5 Å². The molecule has 8 heteroatoms. The van der Waals surface area contributed by atoms with E-state index in [2.05, 4.69) is 10.3 Å². The Bertz CT molecular complexity index is 1450. The van der Waals surface area contributed by atoms with Crippen molar-refractivity contribution in [1.82, 2.24) is 15.0 Å². The number of carbonyl (C=O) groups is 1. The van der Waals surface area contributed by atoms with Gasteiger partial charge < -0.3 is 19.1 Å². The maximum absolute atomic E-state index is 14.1. The van der Waals surface area contributed by atoms with Gasteiger partial charge in [-0.3, -0.25) is 4.79 Å². The van der Waals surface area contributed by atoms with Crippen LogP contribution in [0.25, 0.3) is 11.0 Å². The number of para-hydroxylation sites is 1. The Morgan fingerprint density at radius 2 is 1.81 bits per heavy atom. The Balaban J connectivity index is 1.36. The molecule has 1 spiro atoms. The molecular formula is C24H18N4O4. The Morgan fingerprint density at radius 3 is 2.72 bits per heavy atom. The maximum atomic E-state index is 14.1. The van der Waals surface area contributed by atoms with Crippen molar-refractivity contribution in [3.63, 3.8) is 0 Å². The largest absolute Gasteiger partial charge is 0.491 e. The minimum absolute atomic E-state index is 0.000423. The number of ether oxygens (including phenoxy) is 3. The number of aryl methyl sites for hydroxylation is 1. The highest BCUT2D eigenvalue weighted by Gasteiger charge is 2.57. The molecule has 7 rings (SSSR count). The van der Waals surface area contributed by atoms with Gasteiger partial charge in [-0.25, -0.2) is 4.68 Å². The van der Waals surface area contributed by atoms with Crippen LogP contribution in [0.1, 0.15) is 16.7 Å². The second kappa shape index (κ2) is 6.00. The van der Waals surface area contributed by atoms with Crippen molar-refractivity contribution in [2.24, 2.45) is 7.05 Å². The average Bonchev–Trinajstić information content (AvgIpc) is 3.56. The van der Waals surface area contributed by atoms with Crippen molar-refractivity contribution >= 4 is 22.6 Å². The summed E-state index contributed by atoms with van der Waals surface area (Å²) in [7, 11) is 1.86. The van der Waals surface area contributed by atoms with Crippen LogP contribution in [0.3, 0.4) is 0 Å². The smallest absolute Gasteiger partial charge is 0.246 e. The van der Waals surface area contributed by atoms with Crippen LogP contribution in [-0.4, -0.2) is 34.3 Å². The second-order valence-corrected chi connectivity index (χ2v) is 8.34. The molecule has 158 valence electrons. The van der Waals surface area contributed by atoms with Crippen LogP contribution < -0.4 is 19.1 Å². The normalized spacial score (nSPS) is 20.2. The van der Waals surface area contributed by atoms with Crippen LogP contribution >= 0.6 is 0 Å². The summed E-state index contributed by atoms with van der Waals surface area (Å²) in [5, 5.41) is 8.23. The third-order valence-corrected chi connectivity index (χ3v) is 6.66. The SMILES string of the molecule is Cn1nnc2ccc(CN3C(=O)C4(COc5cc6c(cc54)OCO6)c4ccccc43)cc21. The maximum Gasteiger partial charge on any atom is 0.246 e. The molecule has 3 aliphatic heterocycles. The van der Waals surface area contributed by atoms with Crippen molar-refractivity contribution in [3.05, 3.63) is 71.3 Å². The number of anilines is 1. The van der Waals surface area contributed by atoms with E-state index in [9.17, 15) is 4.79 Å². The number of nitrogens with zero attached hydrogens (tertiary/aromatic N) is 4. The van der Waals surface area contributed by atoms with Crippen molar-refractivity contribution in [2.75, 3.05) is 18.3 Å². The average molecular weight is 426 g/mol. The molecule has 1 atom stereocenters. The number of rotatable bonds is 2. The van der Waals surface area contributed by atoms with E-state index in [1.807, 2.05) is 66.5 Å². The quantitative estimate of drug-likeness (QED) is 0.491. The molecule has 4 heterocycles. The van der Waals surface area contributed by atoms with Gasteiger partial charge in [0, 0.05) is 24.4 Å². The number of amides is 1. The van der Waals surface area contributed by atoms with Crippen molar-refractivity contribution in [2.45, 2.75) is 12.0 Å². The molecule has 3 aliphatic rings. The van der Waals surface area contributed by atoms with E-state index < -0.39 is 5.41 Å². The van der Waals surface area contributed by atoms with Crippen LogP contribution in [0.5, 0.6) is 17.2 Å². The van der Waals surface area contributed by atoms with Gasteiger partial charge in [0.1, 0.15) is 23.3 Å². The Labute approximate surface area is 182 Å². The van der Waals surface area contributed by atoms with Crippen LogP contribution in [0, 0.1) is 0 Å². The van der Waals surface area contributed by atoms with Crippen molar-refractivity contribution in [3.8, 4) is 17.2 Å². The first kappa shape index (κ1) is 17.6. The molecule has 0 saturated carbocycles. The molecule has 3 aromatic carbocycles.